The Morgan fingerprint density at radius 1 is 1.29 bits per heavy atom. The van der Waals surface area contributed by atoms with Gasteiger partial charge in [0, 0.05) is 11.5 Å². The van der Waals surface area contributed by atoms with Crippen molar-refractivity contribution >= 4 is 5.97 Å². The van der Waals surface area contributed by atoms with E-state index >= 15 is 0 Å². The molecule has 0 bridgehead atoms. The fourth-order valence-corrected chi connectivity index (χ4v) is 2.92. The number of benzene rings is 1. The van der Waals surface area contributed by atoms with Gasteiger partial charge in [0.2, 0.25) is 0 Å². The Morgan fingerprint density at radius 2 is 1.95 bits per heavy atom. The summed E-state index contributed by atoms with van der Waals surface area (Å²) in [6, 6.07) is 7.15. The Hall–Kier alpha value is -2.30. The van der Waals surface area contributed by atoms with Gasteiger partial charge in [0.1, 0.15) is 17.0 Å². The molecule has 1 aliphatic carbocycles. The third-order valence-corrected chi connectivity index (χ3v) is 4.02. The maximum atomic E-state index is 11.6. The van der Waals surface area contributed by atoms with Crippen molar-refractivity contribution < 1.29 is 19.2 Å². The Labute approximate surface area is 122 Å². The molecule has 1 saturated carbocycles. The molecule has 110 valence electrons. The fraction of sp³-hybridized carbons (Fsp3) is 0.375. The zero-order valence-electron chi connectivity index (χ0n) is 11.8. The van der Waals surface area contributed by atoms with Crippen LogP contribution in [0, 0.1) is 0 Å². The van der Waals surface area contributed by atoms with Crippen molar-refractivity contribution in [1.29, 1.82) is 0 Å². The highest BCUT2D eigenvalue weighted by molar-refractivity contribution is 5.96. The third kappa shape index (κ3) is 2.51. The molecule has 0 spiro atoms. The number of ether oxygens (including phenoxy) is 1. The molecule has 2 aromatic rings. The normalized spacial score (nSPS) is 15.3. The predicted octanol–water partition coefficient (Wildman–Crippen LogP) is 3.71. The van der Waals surface area contributed by atoms with Gasteiger partial charge in [-0.15, -0.1) is 0 Å². The highest BCUT2D eigenvalue weighted by Crippen LogP contribution is 2.39. The van der Waals surface area contributed by atoms with E-state index in [-0.39, 0.29) is 11.5 Å². The van der Waals surface area contributed by atoms with E-state index in [1.165, 1.54) is 0 Å². The summed E-state index contributed by atoms with van der Waals surface area (Å²) in [5.41, 5.74) is 1.32. The molecule has 0 saturated heterocycles. The summed E-state index contributed by atoms with van der Waals surface area (Å²) >= 11 is 0. The molecule has 0 unspecified atom stereocenters. The second-order valence-electron chi connectivity index (χ2n) is 5.29. The SMILES string of the molecule is COc1ccc(-c2noc(C3CCCC3)c2C(=O)O)cc1. The van der Waals surface area contributed by atoms with Gasteiger partial charge in [-0.25, -0.2) is 4.79 Å². The van der Waals surface area contributed by atoms with E-state index in [1.54, 1.807) is 31.4 Å². The van der Waals surface area contributed by atoms with Crippen LogP contribution in [0.1, 0.15) is 47.7 Å². The molecular formula is C16H17NO4. The number of aromatic carboxylic acids is 1. The first-order valence-electron chi connectivity index (χ1n) is 7.08. The average molecular weight is 287 g/mol. The lowest BCUT2D eigenvalue weighted by Gasteiger charge is -2.05. The largest absolute Gasteiger partial charge is 0.497 e. The average Bonchev–Trinajstić information content (AvgIpc) is 3.16. The molecule has 1 aromatic carbocycles. The van der Waals surface area contributed by atoms with Crippen molar-refractivity contribution in [2.45, 2.75) is 31.6 Å². The van der Waals surface area contributed by atoms with Crippen molar-refractivity contribution in [1.82, 2.24) is 5.16 Å². The molecule has 21 heavy (non-hydrogen) atoms. The quantitative estimate of drug-likeness (QED) is 0.928. The molecule has 0 aliphatic heterocycles. The first kappa shape index (κ1) is 13.7. The van der Waals surface area contributed by atoms with Crippen LogP contribution in [0.4, 0.5) is 0 Å². The minimum atomic E-state index is -0.982. The lowest BCUT2D eigenvalue weighted by Crippen LogP contribution is -2.04. The smallest absolute Gasteiger partial charge is 0.341 e. The molecule has 5 heteroatoms. The topological polar surface area (TPSA) is 72.6 Å². The summed E-state index contributed by atoms with van der Waals surface area (Å²) < 4.78 is 10.5. The molecule has 1 heterocycles. The molecule has 0 amide bonds. The highest BCUT2D eigenvalue weighted by Gasteiger charge is 2.30. The molecule has 5 nitrogen and oxygen atoms in total. The van der Waals surface area contributed by atoms with Gasteiger partial charge in [0.05, 0.1) is 7.11 Å². The van der Waals surface area contributed by atoms with E-state index in [1.807, 2.05) is 0 Å². The van der Waals surface area contributed by atoms with Gasteiger partial charge in [0.15, 0.2) is 5.76 Å². The van der Waals surface area contributed by atoms with Gasteiger partial charge < -0.3 is 14.4 Å². The Balaban J connectivity index is 2.03. The maximum Gasteiger partial charge on any atom is 0.341 e. The Kier molecular flexibility index (Phi) is 3.64. The number of carboxylic acid groups (broad SMARTS) is 1. The van der Waals surface area contributed by atoms with E-state index in [0.717, 1.165) is 37.0 Å². The van der Waals surface area contributed by atoms with Gasteiger partial charge in [-0.05, 0) is 37.1 Å². The highest BCUT2D eigenvalue weighted by atomic mass is 16.5. The van der Waals surface area contributed by atoms with Crippen molar-refractivity contribution in [3.05, 3.63) is 35.6 Å². The summed E-state index contributed by atoms with van der Waals surface area (Å²) in [5.74, 6) is 0.431. The van der Waals surface area contributed by atoms with Crippen molar-refractivity contribution in [3.8, 4) is 17.0 Å². The standard InChI is InChI=1S/C16H17NO4/c1-20-12-8-6-10(7-9-12)14-13(16(18)19)15(21-17-14)11-4-2-3-5-11/h6-9,11H,2-5H2,1H3,(H,18,19). The van der Waals surface area contributed by atoms with Gasteiger partial charge in [-0.3, -0.25) is 0 Å². The molecule has 3 rings (SSSR count). The van der Waals surface area contributed by atoms with E-state index in [2.05, 4.69) is 5.16 Å². The summed E-state index contributed by atoms with van der Waals surface area (Å²) in [6.45, 7) is 0. The van der Waals surface area contributed by atoms with Gasteiger partial charge >= 0.3 is 5.97 Å². The second-order valence-corrected chi connectivity index (χ2v) is 5.29. The van der Waals surface area contributed by atoms with E-state index in [0.29, 0.717) is 11.5 Å². The number of hydrogen-bond acceptors (Lipinski definition) is 4. The number of carbonyl (C=O) groups is 1. The first-order valence-corrected chi connectivity index (χ1v) is 7.08. The summed E-state index contributed by atoms with van der Waals surface area (Å²) in [7, 11) is 1.59. The molecular weight excluding hydrogens is 270 g/mol. The molecule has 1 N–H and O–H groups in total. The van der Waals surface area contributed by atoms with Crippen LogP contribution in [0.15, 0.2) is 28.8 Å². The predicted molar refractivity (Wildman–Crippen MR) is 76.7 cm³/mol. The van der Waals surface area contributed by atoms with Gasteiger partial charge in [-0.2, -0.15) is 0 Å². The van der Waals surface area contributed by atoms with Crippen molar-refractivity contribution in [2.24, 2.45) is 0 Å². The van der Waals surface area contributed by atoms with Crippen molar-refractivity contribution in [2.75, 3.05) is 7.11 Å². The van der Waals surface area contributed by atoms with Crippen LogP contribution in [-0.2, 0) is 0 Å². The molecule has 1 fully saturated rings. The van der Waals surface area contributed by atoms with Crippen LogP contribution in [0.3, 0.4) is 0 Å². The zero-order valence-corrected chi connectivity index (χ0v) is 11.8. The van der Waals surface area contributed by atoms with Crippen LogP contribution in [0.25, 0.3) is 11.3 Å². The van der Waals surface area contributed by atoms with Crippen LogP contribution in [0.2, 0.25) is 0 Å². The molecule has 0 atom stereocenters. The minimum absolute atomic E-state index is 0.176. The van der Waals surface area contributed by atoms with Crippen LogP contribution >= 0.6 is 0 Å². The van der Waals surface area contributed by atoms with Crippen LogP contribution in [0.5, 0.6) is 5.75 Å². The summed E-state index contributed by atoms with van der Waals surface area (Å²) in [5, 5.41) is 13.5. The van der Waals surface area contributed by atoms with Gasteiger partial charge in [0.25, 0.3) is 0 Å². The van der Waals surface area contributed by atoms with Crippen LogP contribution in [-0.4, -0.2) is 23.3 Å². The lowest BCUT2D eigenvalue weighted by molar-refractivity contribution is 0.0694. The number of hydrogen-bond donors (Lipinski definition) is 1. The number of carboxylic acids is 1. The number of rotatable bonds is 4. The van der Waals surface area contributed by atoms with Crippen molar-refractivity contribution in [3.63, 3.8) is 0 Å². The summed E-state index contributed by atoms with van der Waals surface area (Å²) in [6.07, 6.45) is 4.17. The van der Waals surface area contributed by atoms with E-state index in [4.69, 9.17) is 9.26 Å². The number of nitrogens with zero attached hydrogens (tertiary/aromatic N) is 1. The number of aromatic nitrogens is 1. The molecule has 1 aromatic heterocycles. The van der Waals surface area contributed by atoms with Gasteiger partial charge in [-0.1, -0.05) is 18.0 Å². The molecule has 1 aliphatic rings. The first-order chi connectivity index (χ1) is 10.2. The maximum absolute atomic E-state index is 11.6. The number of methoxy groups -OCH3 is 1. The Bertz CT molecular complexity index is 639. The third-order valence-electron chi connectivity index (χ3n) is 4.02. The lowest BCUT2D eigenvalue weighted by atomic mass is 9.97. The Morgan fingerprint density at radius 3 is 2.52 bits per heavy atom. The minimum Gasteiger partial charge on any atom is -0.497 e. The fourth-order valence-electron chi connectivity index (χ4n) is 2.92. The van der Waals surface area contributed by atoms with Crippen LogP contribution < -0.4 is 4.74 Å². The second kappa shape index (κ2) is 5.60. The monoisotopic (exact) mass is 287 g/mol. The summed E-state index contributed by atoms with van der Waals surface area (Å²) in [4.78, 5) is 11.6. The van der Waals surface area contributed by atoms with E-state index < -0.39 is 5.97 Å². The zero-order chi connectivity index (χ0) is 14.8. The van der Waals surface area contributed by atoms with E-state index in [9.17, 15) is 9.90 Å². The molecule has 0 radical (unpaired) electrons.